The van der Waals surface area contributed by atoms with Gasteiger partial charge >= 0.3 is 0 Å². The molecule has 102 valence electrons. The van der Waals surface area contributed by atoms with E-state index in [1.165, 1.54) is 4.31 Å². The van der Waals surface area contributed by atoms with Crippen LogP contribution in [0.3, 0.4) is 0 Å². The summed E-state index contributed by atoms with van der Waals surface area (Å²) < 4.78 is 31.4. The summed E-state index contributed by atoms with van der Waals surface area (Å²) in [6, 6.07) is 6.46. The van der Waals surface area contributed by atoms with Crippen LogP contribution in [0.25, 0.3) is 0 Å². The lowest BCUT2D eigenvalue weighted by Gasteiger charge is -2.28. The second kappa shape index (κ2) is 4.28. The molecule has 1 spiro atoms. The van der Waals surface area contributed by atoms with Crippen LogP contribution >= 0.6 is 0 Å². The molecule has 0 aromatic heterocycles. The summed E-state index contributed by atoms with van der Waals surface area (Å²) in [6.07, 6.45) is 1.37. The summed E-state index contributed by atoms with van der Waals surface area (Å²) in [7, 11) is -1.86. The molecule has 2 aliphatic heterocycles. The lowest BCUT2D eigenvalue weighted by atomic mass is 10.0. The first kappa shape index (κ1) is 12.6. The van der Waals surface area contributed by atoms with Crippen LogP contribution in [0.1, 0.15) is 12.8 Å². The van der Waals surface area contributed by atoms with Crippen LogP contribution in [-0.4, -0.2) is 38.6 Å². The topological polar surface area (TPSA) is 71.3 Å². The summed E-state index contributed by atoms with van der Waals surface area (Å²) in [5.74, 6) is 0.645. The van der Waals surface area contributed by atoms with Gasteiger partial charge in [-0.3, -0.25) is 0 Å². The van der Waals surface area contributed by atoms with Crippen LogP contribution in [0.15, 0.2) is 39.4 Å². The molecule has 2 aliphatic rings. The number of piperidine rings is 1. The van der Waals surface area contributed by atoms with Crippen LogP contribution < -0.4 is 4.74 Å². The molecule has 0 N–H and O–H groups in total. The van der Waals surface area contributed by atoms with Crippen molar-refractivity contribution >= 4 is 10.0 Å². The summed E-state index contributed by atoms with van der Waals surface area (Å²) in [5, 5.41) is 7.98. The Bertz CT molecular complexity index is 594. The third-order valence-corrected chi connectivity index (χ3v) is 5.52. The standard InChI is InChI=1S/C12H15N3O3S/c1-18-10-2-4-11(5-3-10)19(16,17)15-8-6-12(7-9-15)13-14-12/h2-5H,6-9H2,1H3. The molecule has 1 saturated heterocycles. The fourth-order valence-electron chi connectivity index (χ4n) is 2.25. The predicted octanol–water partition coefficient (Wildman–Crippen LogP) is 1.64. The Hall–Kier alpha value is -1.47. The lowest BCUT2D eigenvalue weighted by molar-refractivity contribution is 0.295. The highest BCUT2D eigenvalue weighted by atomic mass is 32.2. The molecular weight excluding hydrogens is 266 g/mol. The second-order valence-corrected chi connectivity index (χ2v) is 6.70. The Kier molecular flexibility index (Phi) is 2.83. The molecule has 19 heavy (non-hydrogen) atoms. The van der Waals surface area contributed by atoms with E-state index >= 15 is 0 Å². The minimum absolute atomic E-state index is 0.258. The third kappa shape index (κ3) is 2.23. The Balaban J connectivity index is 1.77. The summed E-state index contributed by atoms with van der Waals surface area (Å²) in [4.78, 5) is 0.300. The number of hydrogen-bond acceptors (Lipinski definition) is 5. The number of methoxy groups -OCH3 is 1. The van der Waals surface area contributed by atoms with E-state index < -0.39 is 10.0 Å². The van der Waals surface area contributed by atoms with Crippen molar-refractivity contribution in [3.8, 4) is 5.75 Å². The largest absolute Gasteiger partial charge is 0.497 e. The van der Waals surface area contributed by atoms with Crippen molar-refractivity contribution in [3.63, 3.8) is 0 Å². The summed E-state index contributed by atoms with van der Waals surface area (Å²) >= 11 is 0. The van der Waals surface area contributed by atoms with Gasteiger partial charge in [0, 0.05) is 25.9 Å². The number of hydrogen-bond donors (Lipinski definition) is 0. The average Bonchev–Trinajstić information content (AvgIpc) is 3.19. The Labute approximate surface area is 112 Å². The molecule has 0 radical (unpaired) electrons. The first-order chi connectivity index (χ1) is 9.06. The van der Waals surface area contributed by atoms with E-state index in [2.05, 4.69) is 10.2 Å². The van der Waals surface area contributed by atoms with Crippen molar-refractivity contribution in [2.45, 2.75) is 23.4 Å². The number of nitrogens with zero attached hydrogens (tertiary/aromatic N) is 3. The highest BCUT2D eigenvalue weighted by Crippen LogP contribution is 2.39. The molecule has 0 unspecified atom stereocenters. The van der Waals surface area contributed by atoms with Gasteiger partial charge in [-0.2, -0.15) is 14.5 Å². The molecule has 7 heteroatoms. The van der Waals surface area contributed by atoms with Crippen LogP contribution in [0.5, 0.6) is 5.75 Å². The number of ether oxygens (including phenoxy) is 1. The molecule has 1 fully saturated rings. The van der Waals surface area contributed by atoms with E-state index in [1.54, 1.807) is 31.4 Å². The third-order valence-electron chi connectivity index (χ3n) is 3.60. The van der Waals surface area contributed by atoms with Gasteiger partial charge < -0.3 is 4.74 Å². The maximum absolute atomic E-state index is 12.4. The van der Waals surface area contributed by atoms with Gasteiger partial charge in [0.2, 0.25) is 10.0 Å². The SMILES string of the molecule is COc1ccc(S(=O)(=O)N2CCC3(CC2)N=N3)cc1. The molecule has 6 nitrogen and oxygen atoms in total. The van der Waals surface area contributed by atoms with E-state index in [9.17, 15) is 8.42 Å². The molecule has 0 bridgehead atoms. The predicted molar refractivity (Wildman–Crippen MR) is 68.6 cm³/mol. The lowest BCUT2D eigenvalue weighted by Crippen LogP contribution is -2.41. The van der Waals surface area contributed by atoms with Gasteiger partial charge in [-0.05, 0) is 24.3 Å². The average molecular weight is 281 g/mol. The van der Waals surface area contributed by atoms with Gasteiger partial charge in [0.25, 0.3) is 0 Å². The molecule has 2 heterocycles. The molecule has 3 rings (SSSR count). The van der Waals surface area contributed by atoms with E-state index in [0.29, 0.717) is 36.6 Å². The fourth-order valence-corrected chi connectivity index (χ4v) is 3.69. The van der Waals surface area contributed by atoms with E-state index in [0.717, 1.165) is 0 Å². The number of benzene rings is 1. The Morgan fingerprint density at radius 2 is 1.74 bits per heavy atom. The van der Waals surface area contributed by atoms with Crippen molar-refractivity contribution in [1.82, 2.24) is 4.31 Å². The molecule has 1 aromatic rings. The number of rotatable bonds is 3. The molecular formula is C12H15N3O3S. The van der Waals surface area contributed by atoms with Crippen molar-refractivity contribution in [2.24, 2.45) is 10.2 Å². The van der Waals surface area contributed by atoms with Crippen LogP contribution in [0, 0.1) is 0 Å². The van der Waals surface area contributed by atoms with Gasteiger partial charge in [0.15, 0.2) is 5.66 Å². The van der Waals surface area contributed by atoms with Crippen LogP contribution in [-0.2, 0) is 10.0 Å². The molecule has 0 saturated carbocycles. The van der Waals surface area contributed by atoms with Crippen molar-refractivity contribution in [1.29, 1.82) is 0 Å². The van der Waals surface area contributed by atoms with Gasteiger partial charge in [0.1, 0.15) is 5.75 Å². The van der Waals surface area contributed by atoms with Gasteiger partial charge in [-0.25, -0.2) is 8.42 Å². The number of sulfonamides is 1. The second-order valence-electron chi connectivity index (χ2n) is 4.76. The van der Waals surface area contributed by atoms with E-state index in [1.807, 2.05) is 0 Å². The summed E-state index contributed by atoms with van der Waals surface area (Å²) in [6.45, 7) is 0.947. The van der Waals surface area contributed by atoms with Crippen LogP contribution in [0.2, 0.25) is 0 Å². The highest BCUT2D eigenvalue weighted by Gasteiger charge is 2.45. The van der Waals surface area contributed by atoms with Gasteiger partial charge in [-0.1, -0.05) is 0 Å². The van der Waals surface area contributed by atoms with E-state index in [4.69, 9.17) is 4.74 Å². The van der Waals surface area contributed by atoms with Gasteiger partial charge in [0.05, 0.1) is 12.0 Å². The normalized spacial score (nSPS) is 21.5. The van der Waals surface area contributed by atoms with Crippen molar-refractivity contribution in [2.75, 3.05) is 20.2 Å². The van der Waals surface area contributed by atoms with Crippen molar-refractivity contribution in [3.05, 3.63) is 24.3 Å². The Morgan fingerprint density at radius 3 is 2.21 bits per heavy atom. The molecule has 0 amide bonds. The Morgan fingerprint density at radius 1 is 1.16 bits per heavy atom. The zero-order valence-electron chi connectivity index (χ0n) is 10.6. The fraction of sp³-hybridized carbons (Fsp3) is 0.500. The quantitative estimate of drug-likeness (QED) is 0.845. The summed E-state index contributed by atoms with van der Waals surface area (Å²) in [5.41, 5.74) is -0.258. The van der Waals surface area contributed by atoms with Gasteiger partial charge in [-0.15, -0.1) is 0 Å². The molecule has 1 aromatic carbocycles. The first-order valence-corrected chi connectivity index (χ1v) is 7.58. The molecule has 0 aliphatic carbocycles. The smallest absolute Gasteiger partial charge is 0.243 e. The first-order valence-electron chi connectivity index (χ1n) is 6.14. The van der Waals surface area contributed by atoms with Crippen molar-refractivity contribution < 1.29 is 13.2 Å². The van der Waals surface area contributed by atoms with Crippen LogP contribution in [0.4, 0.5) is 0 Å². The highest BCUT2D eigenvalue weighted by molar-refractivity contribution is 7.89. The zero-order valence-corrected chi connectivity index (χ0v) is 11.4. The minimum Gasteiger partial charge on any atom is -0.497 e. The monoisotopic (exact) mass is 281 g/mol. The zero-order chi connectivity index (χ0) is 13.5. The maximum atomic E-state index is 12.4. The molecule has 0 atom stereocenters. The van der Waals surface area contributed by atoms with E-state index in [-0.39, 0.29) is 5.66 Å². The minimum atomic E-state index is -3.41. The maximum Gasteiger partial charge on any atom is 0.243 e.